The van der Waals surface area contributed by atoms with Crippen molar-refractivity contribution in [1.29, 1.82) is 0 Å². The normalized spacial score (nSPS) is 21.0. The second-order valence-corrected chi connectivity index (χ2v) is 6.99. The quantitative estimate of drug-likeness (QED) is 0.929. The Morgan fingerprint density at radius 2 is 2.12 bits per heavy atom. The largest absolute Gasteiger partial charge is 0.339 e. The van der Waals surface area contributed by atoms with Crippen LogP contribution < -0.4 is 5.32 Å². The fourth-order valence-corrected chi connectivity index (χ4v) is 4.06. The number of nitrogens with zero attached hydrogens (tertiary/aromatic N) is 3. The number of urea groups is 1. The Bertz CT molecular complexity index is 813. The Kier molecular flexibility index (Phi) is 4.11. The Morgan fingerprint density at radius 1 is 1.28 bits per heavy atom. The second-order valence-electron chi connectivity index (χ2n) is 6.99. The maximum absolute atomic E-state index is 12.9. The Morgan fingerprint density at radius 3 is 2.92 bits per heavy atom. The molecule has 6 heteroatoms. The molecule has 2 aliphatic rings. The highest BCUT2D eigenvalue weighted by Gasteiger charge is 2.32. The zero-order valence-electron chi connectivity index (χ0n) is 14.6. The average Bonchev–Trinajstić information content (AvgIpc) is 3.18. The maximum atomic E-state index is 12.9. The number of nitrogens with one attached hydrogen (secondary N) is 1. The monoisotopic (exact) mass is 340 g/mol. The van der Waals surface area contributed by atoms with E-state index in [2.05, 4.69) is 28.1 Å². The SMILES string of the molecule is Cc1cc2ccccc2n1CC(=O)N1CCCC(N2CCNC2=O)C1. The highest BCUT2D eigenvalue weighted by atomic mass is 16.2. The first kappa shape index (κ1) is 16.0. The van der Waals surface area contributed by atoms with E-state index in [0.29, 0.717) is 19.6 Å². The van der Waals surface area contributed by atoms with Crippen molar-refractivity contribution >= 4 is 22.8 Å². The van der Waals surface area contributed by atoms with Crippen molar-refractivity contribution in [2.45, 2.75) is 32.4 Å². The van der Waals surface area contributed by atoms with Crippen LogP contribution in [0.1, 0.15) is 18.5 Å². The molecule has 0 aliphatic carbocycles. The van der Waals surface area contributed by atoms with Gasteiger partial charge in [-0.1, -0.05) is 18.2 Å². The predicted molar refractivity (Wildman–Crippen MR) is 96.4 cm³/mol. The summed E-state index contributed by atoms with van der Waals surface area (Å²) in [6.45, 7) is 5.28. The first-order chi connectivity index (χ1) is 12.1. The number of hydrogen-bond donors (Lipinski definition) is 1. The van der Waals surface area contributed by atoms with Crippen molar-refractivity contribution in [2.24, 2.45) is 0 Å². The molecular weight excluding hydrogens is 316 g/mol. The van der Waals surface area contributed by atoms with Crippen molar-refractivity contribution < 1.29 is 9.59 Å². The van der Waals surface area contributed by atoms with Gasteiger partial charge < -0.3 is 19.7 Å². The van der Waals surface area contributed by atoms with Gasteiger partial charge in [0.15, 0.2) is 0 Å². The number of carbonyl (C=O) groups excluding carboxylic acids is 2. The molecule has 6 nitrogen and oxygen atoms in total. The van der Waals surface area contributed by atoms with Gasteiger partial charge in [0.05, 0.1) is 6.04 Å². The fourth-order valence-electron chi connectivity index (χ4n) is 4.06. The highest BCUT2D eigenvalue weighted by molar-refractivity contribution is 5.84. The number of hydrogen-bond acceptors (Lipinski definition) is 2. The van der Waals surface area contributed by atoms with Gasteiger partial charge in [-0.3, -0.25) is 4.79 Å². The van der Waals surface area contributed by atoms with Gasteiger partial charge in [-0.2, -0.15) is 0 Å². The van der Waals surface area contributed by atoms with Gasteiger partial charge in [0, 0.05) is 37.4 Å². The molecule has 2 aromatic rings. The molecule has 4 rings (SSSR count). The number of piperidine rings is 1. The van der Waals surface area contributed by atoms with E-state index in [0.717, 1.165) is 42.5 Å². The van der Waals surface area contributed by atoms with Crippen molar-refractivity contribution in [3.63, 3.8) is 0 Å². The minimum Gasteiger partial charge on any atom is -0.339 e. The van der Waals surface area contributed by atoms with Crippen molar-refractivity contribution in [1.82, 2.24) is 19.7 Å². The third kappa shape index (κ3) is 2.97. The van der Waals surface area contributed by atoms with Crippen LogP contribution in [0.3, 0.4) is 0 Å². The Hall–Kier alpha value is -2.50. The van der Waals surface area contributed by atoms with Crippen LogP contribution in [0.5, 0.6) is 0 Å². The lowest BCUT2D eigenvalue weighted by Crippen LogP contribution is -2.51. The number of fused-ring (bicyclic) bond motifs is 1. The fraction of sp³-hybridized carbons (Fsp3) is 0.474. The van der Waals surface area contributed by atoms with E-state index in [1.54, 1.807) is 0 Å². The lowest BCUT2D eigenvalue weighted by atomic mass is 10.0. The average molecular weight is 340 g/mol. The minimum atomic E-state index is 0.00606. The molecule has 0 bridgehead atoms. The molecule has 2 aliphatic heterocycles. The smallest absolute Gasteiger partial charge is 0.317 e. The molecule has 0 radical (unpaired) electrons. The number of aromatic nitrogens is 1. The second kappa shape index (κ2) is 6.43. The van der Waals surface area contributed by atoms with Gasteiger partial charge >= 0.3 is 6.03 Å². The molecule has 3 amide bonds. The highest BCUT2D eigenvalue weighted by Crippen LogP contribution is 2.21. The topological polar surface area (TPSA) is 57.6 Å². The summed E-state index contributed by atoms with van der Waals surface area (Å²) < 4.78 is 2.09. The van der Waals surface area contributed by atoms with E-state index in [1.807, 2.05) is 28.9 Å². The zero-order valence-corrected chi connectivity index (χ0v) is 14.6. The van der Waals surface area contributed by atoms with Crippen molar-refractivity contribution in [2.75, 3.05) is 26.2 Å². The van der Waals surface area contributed by atoms with E-state index in [-0.39, 0.29) is 18.0 Å². The molecule has 2 saturated heterocycles. The van der Waals surface area contributed by atoms with Gasteiger partial charge in [-0.15, -0.1) is 0 Å². The van der Waals surface area contributed by atoms with Crippen molar-refractivity contribution in [3.05, 3.63) is 36.0 Å². The first-order valence-electron chi connectivity index (χ1n) is 9.00. The van der Waals surface area contributed by atoms with Crippen LogP contribution in [-0.4, -0.2) is 58.5 Å². The summed E-state index contributed by atoms with van der Waals surface area (Å²) in [5.74, 6) is 0.133. The number of carbonyl (C=O) groups is 2. The summed E-state index contributed by atoms with van der Waals surface area (Å²) in [6.07, 6.45) is 1.92. The molecule has 1 aromatic carbocycles. The van der Waals surface area contributed by atoms with Gasteiger partial charge in [0.1, 0.15) is 6.54 Å². The molecule has 25 heavy (non-hydrogen) atoms. The van der Waals surface area contributed by atoms with Crippen LogP contribution in [-0.2, 0) is 11.3 Å². The van der Waals surface area contributed by atoms with Crippen molar-refractivity contribution in [3.8, 4) is 0 Å². The standard InChI is InChI=1S/C19H24N4O2/c1-14-11-15-5-2-3-7-17(15)23(14)13-18(24)21-9-4-6-16(12-21)22-10-8-20-19(22)25/h2-3,5,7,11,16H,4,6,8-10,12-13H2,1H3,(H,20,25). The van der Waals surface area contributed by atoms with Gasteiger partial charge in [0.25, 0.3) is 0 Å². The minimum absolute atomic E-state index is 0.00606. The van der Waals surface area contributed by atoms with E-state index < -0.39 is 0 Å². The summed E-state index contributed by atoms with van der Waals surface area (Å²) in [5.41, 5.74) is 2.20. The number of likely N-dealkylation sites (tertiary alicyclic amines) is 1. The van der Waals surface area contributed by atoms with Crippen LogP contribution in [0.2, 0.25) is 0 Å². The number of aryl methyl sites for hydroxylation is 1. The van der Waals surface area contributed by atoms with E-state index in [4.69, 9.17) is 0 Å². The number of benzene rings is 1. The number of amides is 3. The summed E-state index contributed by atoms with van der Waals surface area (Å²) in [6, 6.07) is 10.4. The van der Waals surface area contributed by atoms with Gasteiger partial charge in [0.2, 0.25) is 5.91 Å². The molecule has 1 unspecified atom stereocenters. The number of rotatable bonds is 3. The lowest BCUT2D eigenvalue weighted by molar-refractivity contribution is -0.133. The molecule has 132 valence electrons. The van der Waals surface area contributed by atoms with Crippen LogP contribution in [0.25, 0.3) is 10.9 Å². The van der Waals surface area contributed by atoms with E-state index >= 15 is 0 Å². The third-order valence-corrected chi connectivity index (χ3v) is 5.39. The molecule has 0 saturated carbocycles. The van der Waals surface area contributed by atoms with Crippen LogP contribution >= 0.6 is 0 Å². The molecule has 3 heterocycles. The summed E-state index contributed by atoms with van der Waals surface area (Å²) >= 11 is 0. The molecule has 1 N–H and O–H groups in total. The number of para-hydroxylation sites is 1. The lowest BCUT2D eigenvalue weighted by Gasteiger charge is -2.37. The van der Waals surface area contributed by atoms with Gasteiger partial charge in [-0.05, 0) is 37.3 Å². The first-order valence-corrected chi connectivity index (χ1v) is 9.00. The molecule has 2 fully saturated rings. The van der Waals surface area contributed by atoms with E-state index in [9.17, 15) is 9.59 Å². The third-order valence-electron chi connectivity index (χ3n) is 5.39. The predicted octanol–water partition coefficient (Wildman–Crippen LogP) is 1.97. The molecule has 1 atom stereocenters. The van der Waals surface area contributed by atoms with E-state index in [1.165, 1.54) is 0 Å². The van der Waals surface area contributed by atoms with Crippen LogP contribution in [0.15, 0.2) is 30.3 Å². The van der Waals surface area contributed by atoms with Crippen LogP contribution in [0.4, 0.5) is 4.79 Å². The molecule has 1 aromatic heterocycles. The summed E-state index contributed by atoms with van der Waals surface area (Å²) in [7, 11) is 0. The zero-order chi connectivity index (χ0) is 17.4. The van der Waals surface area contributed by atoms with Crippen LogP contribution in [0, 0.1) is 6.92 Å². The molecular formula is C19H24N4O2. The molecule has 0 spiro atoms. The maximum Gasteiger partial charge on any atom is 0.317 e. The van der Waals surface area contributed by atoms with Gasteiger partial charge in [-0.25, -0.2) is 4.79 Å². The summed E-state index contributed by atoms with van der Waals surface area (Å²) in [4.78, 5) is 28.6. The summed E-state index contributed by atoms with van der Waals surface area (Å²) in [5, 5.41) is 4.02. The Balaban J connectivity index is 1.48. The Labute approximate surface area is 147 Å².